The van der Waals surface area contributed by atoms with Crippen molar-refractivity contribution >= 4 is 44.1 Å². The molecule has 10 nitrogen and oxygen atoms in total. The van der Waals surface area contributed by atoms with E-state index in [-0.39, 0.29) is 0 Å². The normalized spacial score (nSPS) is 16.0. The molecule has 4 aromatic rings. The molecule has 3 heterocycles. The molecule has 11 heteroatoms. The molecular formula is C27H33N7O3S. The van der Waals surface area contributed by atoms with E-state index in [2.05, 4.69) is 39.6 Å². The highest BCUT2D eigenvalue weighted by molar-refractivity contribution is 7.92. The van der Waals surface area contributed by atoms with Gasteiger partial charge in [0.15, 0.2) is 0 Å². The maximum Gasteiger partial charge on any atom is 0.232 e. The molecule has 38 heavy (non-hydrogen) atoms. The van der Waals surface area contributed by atoms with Crippen molar-refractivity contribution in [1.29, 1.82) is 0 Å². The Bertz CT molecular complexity index is 1540. The van der Waals surface area contributed by atoms with Gasteiger partial charge in [0.2, 0.25) is 16.0 Å². The molecule has 1 aliphatic heterocycles. The second-order valence-electron chi connectivity index (χ2n) is 9.59. The number of nitrogens with one attached hydrogen (secondary N) is 2. The number of benzene rings is 2. The summed E-state index contributed by atoms with van der Waals surface area (Å²) >= 11 is 0. The molecule has 0 spiro atoms. The first-order valence-electron chi connectivity index (χ1n) is 12.5. The van der Waals surface area contributed by atoms with Gasteiger partial charge in [-0.3, -0.25) is 4.31 Å². The lowest BCUT2D eigenvalue weighted by Gasteiger charge is -2.33. The lowest BCUT2D eigenvalue weighted by molar-refractivity contribution is 0.415. The minimum absolute atomic E-state index is 0.407. The molecule has 1 aliphatic rings. The topological polar surface area (TPSA) is 105 Å². The van der Waals surface area contributed by atoms with E-state index in [0.29, 0.717) is 30.0 Å². The zero-order valence-corrected chi connectivity index (χ0v) is 22.9. The number of sulfonamides is 1. The number of rotatable bonds is 8. The van der Waals surface area contributed by atoms with Gasteiger partial charge in [-0.1, -0.05) is 12.1 Å². The SMILES string of the molecule is COc1cccc(Cn2ccc3cnc(Nc4ccc(N5CCN[C@H](C)C5)cc4)nc32)c1N(C)S(C)(=O)=O. The largest absolute Gasteiger partial charge is 0.495 e. The Labute approximate surface area is 223 Å². The number of nitrogens with zero attached hydrogens (tertiary/aromatic N) is 5. The van der Waals surface area contributed by atoms with Crippen molar-refractivity contribution in [3.63, 3.8) is 0 Å². The molecule has 0 aliphatic carbocycles. The van der Waals surface area contributed by atoms with Crippen molar-refractivity contribution in [1.82, 2.24) is 19.9 Å². The van der Waals surface area contributed by atoms with Crippen LogP contribution in [0.2, 0.25) is 0 Å². The summed E-state index contributed by atoms with van der Waals surface area (Å²) in [6, 6.07) is 16.2. The third-order valence-electron chi connectivity index (χ3n) is 6.81. The predicted molar refractivity (Wildman–Crippen MR) is 152 cm³/mol. The Morgan fingerprint density at radius 3 is 2.68 bits per heavy atom. The molecule has 0 amide bonds. The van der Waals surface area contributed by atoms with Crippen LogP contribution < -0.4 is 24.6 Å². The zero-order chi connectivity index (χ0) is 26.9. The maximum atomic E-state index is 12.3. The second-order valence-corrected chi connectivity index (χ2v) is 11.6. The highest BCUT2D eigenvalue weighted by Gasteiger charge is 2.21. The fourth-order valence-electron chi connectivity index (χ4n) is 4.78. The van der Waals surface area contributed by atoms with Crippen LogP contribution in [0, 0.1) is 0 Å². The monoisotopic (exact) mass is 535 g/mol. The van der Waals surface area contributed by atoms with Gasteiger partial charge in [-0.05, 0) is 48.9 Å². The van der Waals surface area contributed by atoms with Crippen molar-refractivity contribution in [3.05, 3.63) is 66.5 Å². The van der Waals surface area contributed by atoms with E-state index in [9.17, 15) is 8.42 Å². The molecule has 2 N–H and O–H groups in total. The van der Waals surface area contributed by atoms with Gasteiger partial charge in [0.1, 0.15) is 11.4 Å². The van der Waals surface area contributed by atoms with Crippen molar-refractivity contribution in [2.24, 2.45) is 0 Å². The molecule has 1 fully saturated rings. The Morgan fingerprint density at radius 1 is 1.18 bits per heavy atom. The van der Waals surface area contributed by atoms with Crippen molar-refractivity contribution in [2.45, 2.75) is 19.5 Å². The van der Waals surface area contributed by atoms with Gasteiger partial charge >= 0.3 is 0 Å². The van der Waals surface area contributed by atoms with E-state index in [1.807, 2.05) is 41.1 Å². The molecule has 2 aromatic heterocycles. The molecular weight excluding hydrogens is 502 g/mol. The van der Waals surface area contributed by atoms with Crippen molar-refractivity contribution in [2.75, 3.05) is 54.6 Å². The first-order chi connectivity index (χ1) is 18.2. The molecule has 0 radical (unpaired) electrons. The number of ether oxygens (including phenoxy) is 1. The predicted octanol–water partition coefficient (Wildman–Crippen LogP) is 3.43. The summed E-state index contributed by atoms with van der Waals surface area (Å²) in [5, 5.41) is 7.67. The summed E-state index contributed by atoms with van der Waals surface area (Å²) in [4.78, 5) is 11.6. The lowest BCUT2D eigenvalue weighted by Crippen LogP contribution is -2.49. The van der Waals surface area contributed by atoms with Crippen molar-refractivity contribution < 1.29 is 13.2 Å². The van der Waals surface area contributed by atoms with E-state index in [1.54, 1.807) is 12.3 Å². The Balaban J connectivity index is 1.39. The highest BCUT2D eigenvalue weighted by atomic mass is 32.2. The molecule has 0 saturated carbocycles. The molecule has 2 aromatic carbocycles. The summed E-state index contributed by atoms with van der Waals surface area (Å²) in [5.74, 6) is 0.975. The van der Waals surface area contributed by atoms with E-state index >= 15 is 0 Å². The summed E-state index contributed by atoms with van der Waals surface area (Å²) in [5.41, 5.74) is 4.14. The Morgan fingerprint density at radius 2 is 1.97 bits per heavy atom. The minimum Gasteiger partial charge on any atom is -0.495 e. The van der Waals surface area contributed by atoms with Crippen LogP contribution in [0.3, 0.4) is 0 Å². The number of hydrogen-bond donors (Lipinski definition) is 2. The summed E-state index contributed by atoms with van der Waals surface area (Å²) in [6.45, 7) is 5.56. The fourth-order valence-corrected chi connectivity index (χ4v) is 5.32. The molecule has 0 unspecified atom stereocenters. The number of anilines is 4. The molecule has 0 bridgehead atoms. The van der Waals surface area contributed by atoms with Gasteiger partial charge in [0.05, 0.1) is 25.6 Å². The average Bonchev–Trinajstić information content (AvgIpc) is 3.30. The molecule has 1 saturated heterocycles. The number of methoxy groups -OCH3 is 1. The van der Waals surface area contributed by atoms with Gasteiger partial charge in [-0.15, -0.1) is 0 Å². The fraction of sp³-hybridized carbons (Fsp3) is 0.333. The number of para-hydroxylation sites is 1. The molecule has 200 valence electrons. The first-order valence-corrected chi connectivity index (χ1v) is 14.3. The Hall–Kier alpha value is -3.83. The number of hydrogen-bond acceptors (Lipinski definition) is 8. The first kappa shape index (κ1) is 25.8. The standard InChI is InChI=1S/C27H33N7O3S/c1-19-17-33(15-13-28-19)23-10-8-22(9-11-23)30-27-29-16-20-12-14-34(26(20)31-27)18-21-6-5-7-24(37-3)25(21)32(2)38(4,35)36/h5-12,14,16,19,28H,13,15,17-18H2,1-4H3,(H,29,30,31)/t19-/m1/s1. The van der Waals surface area contributed by atoms with Gasteiger partial charge in [-0.2, -0.15) is 4.98 Å². The lowest BCUT2D eigenvalue weighted by atomic mass is 10.1. The third kappa shape index (κ3) is 5.39. The van der Waals surface area contributed by atoms with E-state index in [0.717, 1.165) is 41.9 Å². The molecule has 1 atom stereocenters. The van der Waals surface area contributed by atoms with Crippen LogP contribution >= 0.6 is 0 Å². The highest BCUT2D eigenvalue weighted by Crippen LogP contribution is 2.34. The third-order valence-corrected chi connectivity index (χ3v) is 7.99. The van der Waals surface area contributed by atoms with Gasteiger partial charge in [0, 0.05) is 61.9 Å². The minimum atomic E-state index is -3.48. The zero-order valence-electron chi connectivity index (χ0n) is 22.0. The number of aromatic nitrogens is 3. The summed E-state index contributed by atoms with van der Waals surface area (Å²) < 4.78 is 33.4. The van der Waals surface area contributed by atoms with Crippen LogP contribution in [0.1, 0.15) is 12.5 Å². The number of piperazine rings is 1. The maximum absolute atomic E-state index is 12.3. The molecule has 5 rings (SSSR count). The summed E-state index contributed by atoms with van der Waals surface area (Å²) in [7, 11) is -0.421. The quantitative estimate of drug-likeness (QED) is 0.354. The second kappa shape index (κ2) is 10.5. The van der Waals surface area contributed by atoms with Crippen molar-refractivity contribution in [3.8, 4) is 5.75 Å². The van der Waals surface area contributed by atoms with Crippen LogP contribution in [0.4, 0.5) is 23.0 Å². The van der Waals surface area contributed by atoms with Crippen LogP contribution in [-0.2, 0) is 16.6 Å². The van der Waals surface area contributed by atoms with E-state index in [4.69, 9.17) is 9.72 Å². The van der Waals surface area contributed by atoms with E-state index in [1.165, 1.54) is 30.4 Å². The van der Waals surface area contributed by atoms with Crippen LogP contribution in [0.5, 0.6) is 5.75 Å². The van der Waals surface area contributed by atoms with Crippen LogP contribution in [-0.4, -0.2) is 69.0 Å². The Kier molecular flexibility index (Phi) is 7.13. The average molecular weight is 536 g/mol. The van der Waals surface area contributed by atoms with Crippen LogP contribution in [0.25, 0.3) is 11.0 Å². The van der Waals surface area contributed by atoms with Crippen LogP contribution in [0.15, 0.2) is 60.9 Å². The number of fused-ring (bicyclic) bond motifs is 1. The van der Waals surface area contributed by atoms with Gasteiger partial charge in [0.25, 0.3) is 0 Å². The van der Waals surface area contributed by atoms with Gasteiger partial charge in [-0.25, -0.2) is 13.4 Å². The smallest absolute Gasteiger partial charge is 0.232 e. The van der Waals surface area contributed by atoms with E-state index < -0.39 is 10.0 Å². The van der Waals surface area contributed by atoms with Gasteiger partial charge < -0.3 is 24.8 Å². The summed E-state index contributed by atoms with van der Waals surface area (Å²) in [6.07, 6.45) is 4.89.